The van der Waals surface area contributed by atoms with Crippen molar-refractivity contribution in [3.05, 3.63) is 23.3 Å². The number of aromatic hydroxyl groups is 2. The van der Waals surface area contributed by atoms with Crippen LogP contribution in [0.15, 0.2) is 12.1 Å². The lowest BCUT2D eigenvalue weighted by atomic mass is 9.59. The molecule has 2 saturated carbocycles. The molecule has 0 heterocycles. The molecule has 0 amide bonds. The standard InChI is InChI=1S/C21H28O6/c1-12-3-5-16(25)19(27)18(12)21(10-22,11-23)9-13-14-4-6-17(26)20(14,2)8-7-15(13)24/h3,5,13-14,22-23,25,27H,4,6-11H2,1-2H3/t13-,14-,20-/m0/s1. The molecule has 0 spiro atoms. The van der Waals surface area contributed by atoms with Crippen LogP contribution in [0.3, 0.4) is 0 Å². The van der Waals surface area contributed by atoms with Gasteiger partial charge in [-0.05, 0) is 43.7 Å². The van der Waals surface area contributed by atoms with Crippen LogP contribution in [0.5, 0.6) is 11.5 Å². The van der Waals surface area contributed by atoms with Gasteiger partial charge in [-0.2, -0.15) is 0 Å². The molecule has 4 N–H and O–H groups in total. The first kappa shape index (κ1) is 19.8. The first-order chi connectivity index (χ1) is 12.7. The summed E-state index contributed by atoms with van der Waals surface area (Å²) in [5.74, 6) is -1.10. The highest BCUT2D eigenvalue weighted by Gasteiger charge is 2.55. The molecule has 1 aromatic carbocycles. The summed E-state index contributed by atoms with van der Waals surface area (Å²) < 4.78 is 0. The van der Waals surface area contributed by atoms with E-state index in [0.717, 1.165) is 0 Å². The van der Waals surface area contributed by atoms with Gasteiger partial charge in [-0.25, -0.2) is 0 Å². The second kappa shape index (κ2) is 6.91. The van der Waals surface area contributed by atoms with Crippen LogP contribution in [0, 0.1) is 24.2 Å². The summed E-state index contributed by atoms with van der Waals surface area (Å²) in [7, 11) is 0. The smallest absolute Gasteiger partial charge is 0.161 e. The van der Waals surface area contributed by atoms with Crippen molar-refractivity contribution in [2.75, 3.05) is 13.2 Å². The number of benzene rings is 1. The number of rotatable bonds is 5. The molecule has 3 rings (SSSR count). The molecule has 2 aliphatic carbocycles. The molecule has 0 unspecified atom stereocenters. The Labute approximate surface area is 158 Å². The van der Waals surface area contributed by atoms with Crippen LogP contribution < -0.4 is 0 Å². The SMILES string of the molecule is Cc1ccc(O)c(O)c1C(CO)(CO)C[C@@H]1C(=O)CC[C@]2(C)C(=O)CC[C@@H]12. The molecule has 0 saturated heterocycles. The van der Waals surface area contributed by atoms with Gasteiger partial charge in [0.1, 0.15) is 11.6 Å². The Morgan fingerprint density at radius 3 is 2.44 bits per heavy atom. The number of fused-ring (bicyclic) bond motifs is 1. The van der Waals surface area contributed by atoms with E-state index in [2.05, 4.69) is 0 Å². The monoisotopic (exact) mass is 376 g/mol. The number of hydrogen-bond donors (Lipinski definition) is 4. The minimum atomic E-state index is -1.28. The zero-order valence-electron chi connectivity index (χ0n) is 15.9. The number of Topliss-reactive ketones (excluding diaryl/α,β-unsaturated/α-hetero) is 2. The zero-order chi connectivity index (χ0) is 20.0. The number of phenols is 2. The lowest BCUT2D eigenvalue weighted by Crippen LogP contribution is -2.47. The van der Waals surface area contributed by atoms with Crippen LogP contribution >= 0.6 is 0 Å². The van der Waals surface area contributed by atoms with Crippen molar-refractivity contribution in [1.29, 1.82) is 0 Å². The summed E-state index contributed by atoms with van der Waals surface area (Å²) in [5, 5.41) is 40.8. The number of carbonyl (C=O) groups excluding carboxylic acids is 2. The summed E-state index contributed by atoms with van der Waals surface area (Å²) in [6.45, 7) is 2.68. The number of carbonyl (C=O) groups is 2. The minimum Gasteiger partial charge on any atom is -0.504 e. The van der Waals surface area contributed by atoms with Gasteiger partial charge in [0.25, 0.3) is 0 Å². The molecule has 27 heavy (non-hydrogen) atoms. The van der Waals surface area contributed by atoms with Crippen molar-refractivity contribution in [2.45, 2.75) is 51.4 Å². The number of phenolic OH excluding ortho intramolecular Hbond substituents is 2. The summed E-state index contributed by atoms with van der Waals surface area (Å²) in [4.78, 5) is 25.2. The predicted octanol–water partition coefficient (Wildman–Crippen LogP) is 1.98. The Morgan fingerprint density at radius 1 is 1.15 bits per heavy atom. The number of ketones is 2. The van der Waals surface area contributed by atoms with Gasteiger partial charge in [-0.1, -0.05) is 13.0 Å². The number of aliphatic hydroxyl groups is 2. The second-order valence-corrected chi connectivity index (χ2v) is 8.48. The highest BCUT2D eigenvalue weighted by Crippen LogP contribution is 2.54. The average Bonchev–Trinajstić information content (AvgIpc) is 2.95. The maximum Gasteiger partial charge on any atom is 0.161 e. The molecule has 6 heteroatoms. The first-order valence-electron chi connectivity index (χ1n) is 9.50. The van der Waals surface area contributed by atoms with Crippen molar-refractivity contribution in [3.63, 3.8) is 0 Å². The van der Waals surface area contributed by atoms with Gasteiger partial charge in [0.2, 0.25) is 0 Å². The molecule has 0 aromatic heterocycles. The minimum absolute atomic E-state index is 0.0377. The summed E-state index contributed by atoms with van der Waals surface area (Å²) in [6.07, 6.45) is 2.06. The van der Waals surface area contributed by atoms with Crippen LogP contribution in [0.1, 0.15) is 50.2 Å². The molecular weight excluding hydrogens is 348 g/mol. The van der Waals surface area contributed by atoms with E-state index < -0.39 is 30.0 Å². The Bertz CT molecular complexity index is 766. The molecule has 2 fully saturated rings. The lowest BCUT2D eigenvalue weighted by Gasteiger charge is -2.44. The number of aryl methyl sites for hydroxylation is 1. The molecular formula is C21H28O6. The van der Waals surface area contributed by atoms with Gasteiger partial charge < -0.3 is 20.4 Å². The number of hydrogen-bond acceptors (Lipinski definition) is 6. The van der Waals surface area contributed by atoms with E-state index >= 15 is 0 Å². The van der Waals surface area contributed by atoms with E-state index in [4.69, 9.17) is 0 Å². The highest BCUT2D eigenvalue weighted by molar-refractivity contribution is 5.92. The fraction of sp³-hybridized carbons (Fsp3) is 0.619. The van der Waals surface area contributed by atoms with Crippen molar-refractivity contribution in [3.8, 4) is 11.5 Å². The van der Waals surface area contributed by atoms with E-state index in [1.807, 2.05) is 6.92 Å². The van der Waals surface area contributed by atoms with Crippen LogP contribution in [0.2, 0.25) is 0 Å². The summed E-state index contributed by atoms with van der Waals surface area (Å²) in [6, 6.07) is 2.96. The molecule has 0 radical (unpaired) electrons. The van der Waals surface area contributed by atoms with Crippen molar-refractivity contribution in [1.82, 2.24) is 0 Å². The van der Waals surface area contributed by atoms with Crippen LogP contribution in [0.25, 0.3) is 0 Å². The summed E-state index contributed by atoms with van der Waals surface area (Å²) >= 11 is 0. The molecule has 1 aromatic rings. The normalized spacial score (nSPS) is 28.4. The molecule has 148 valence electrons. The van der Waals surface area contributed by atoms with E-state index in [9.17, 15) is 30.0 Å². The van der Waals surface area contributed by atoms with E-state index in [0.29, 0.717) is 31.2 Å². The second-order valence-electron chi connectivity index (χ2n) is 8.48. The largest absolute Gasteiger partial charge is 0.504 e. The number of aliphatic hydroxyl groups excluding tert-OH is 2. The van der Waals surface area contributed by atoms with Crippen molar-refractivity contribution < 1.29 is 30.0 Å². The van der Waals surface area contributed by atoms with Crippen LogP contribution in [0.4, 0.5) is 0 Å². The Balaban J connectivity index is 2.05. The highest BCUT2D eigenvalue weighted by atomic mass is 16.3. The average molecular weight is 376 g/mol. The predicted molar refractivity (Wildman–Crippen MR) is 98.5 cm³/mol. The summed E-state index contributed by atoms with van der Waals surface area (Å²) in [5.41, 5.74) is -0.943. The van der Waals surface area contributed by atoms with Gasteiger partial charge >= 0.3 is 0 Å². The molecule has 0 aliphatic heterocycles. The molecule has 6 nitrogen and oxygen atoms in total. The van der Waals surface area contributed by atoms with Gasteiger partial charge in [-0.15, -0.1) is 0 Å². The fourth-order valence-corrected chi connectivity index (χ4v) is 5.33. The van der Waals surface area contributed by atoms with Crippen molar-refractivity contribution in [2.24, 2.45) is 17.3 Å². The van der Waals surface area contributed by atoms with Gasteiger partial charge in [0.15, 0.2) is 11.5 Å². The zero-order valence-corrected chi connectivity index (χ0v) is 15.9. The molecule has 0 bridgehead atoms. The van der Waals surface area contributed by atoms with E-state index in [-0.39, 0.29) is 41.0 Å². The van der Waals surface area contributed by atoms with E-state index in [1.165, 1.54) is 6.07 Å². The molecule has 3 atom stereocenters. The topological polar surface area (TPSA) is 115 Å². The maximum absolute atomic E-state index is 12.8. The van der Waals surface area contributed by atoms with Crippen molar-refractivity contribution >= 4 is 11.6 Å². The van der Waals surface area contributed by atoms with Gasteiger partial charge in [0, 0.05) is 35.2 Å². The maximum atomic E-state index is 12.8. The third kappa shape index (κ3) is 2.95. The fourth-order valence-electron chi connectivity index (χ4n) is 5.33. The Morgan fingerprint density at radius 2 is 1.81 bits per heavy atom. The molecule has 2 aliphatic rings. The van der Waals surface area contributed by atoms with Crippen LogP contribution in [-0.4, -0.2) is 45.2 Å². The van der Waals surface area contributed by atoms with Gasteiger partial charge in [0.05, 0.1) is 13.2 Å². The van der Waals surface area contributed by atoms with Gasteiger partial charge in [-0.3, -0.25) is 9.59 Å². The first-order valence-corrected chi connectivity index (χ1v) is 9.50. The third-order valence-corrected chi connectivity index (χ3v) is 7.04. The Hall–Kier alpha value is -1.92. The lowest BCUT2D eigenvalue weighted by molar-refractivity contribution is -0.138. The Kier molecular flexibility index (Phi) is 5.08. The van der Waals surface area contributed by atoms with E-state index in [1.54, 1.807) is 13.0 Å². The quantitative estimate of drug-likeness (QED) is 0.584. The van der Waals surface area contributed by atoms with Crippen LogP contribution in [-0.2, 0) is 15.0 Å². The third-order valence-electron chi connectivity index (χ3n) is 7.04.